The van der Waals surface area contributed by atoms with Gasteiger partial charge in [0.2, 0.25) is 5.91 Å². The van der Waals surface area contributed by atoms with Crippen LogP contribution in [0.25, 0.3) is 0 Å². The molecule has 0 saturated carbocycles. The van der Waals surface area contributed by atoms with Gasteiger partial charge in [-0.2, -0.15) is 0 Å². The molecule has 0 aliphatic heterocycles. The fourth-order valence-corrected chi connectivity index (χ4v) is 4.19. The van der Waals surface area contributed by atoms with Crippen LogP contribution in [-0.2, 0) is 4.79 Å². The largest absolute Gasteiger partial charge is 0.497 e. The van der Waals surface area contributed by atoms with Crippen molar-refractivity contribution in [1.82, 2.24) is 0 Å². The van der Waals surface area contributed by atoms with E-state index in [0.29, 0.717) is 39.2 Å². The van der Waals surface area contributed by atoms with E-state index in [9.17, 15) is 9.59 Å². The third-order valence-electron chi connectivity index (χ3n) is 4.57. The number of halogens is 2. The second-order valence-corrected chi connectivity index (χ2v) is 8.93. The Morgan fingerprint density at radius 3 is 2.31 bits per heavy atom. The van der Waals surface area contributed by atoms with Gasteiger partial charge in [0.15, 0.2) is 0 Å². The lowest BCUT2D eigenvalue weighted by Gasteiger charge is -2.16. The van der Waals surface area contributed by atoms with E-state index in [0.717, 1.165) is 4.90 Å². The second-order valence-electron chi connectivity index (χ2n) is 6.84. The van der Waals surface area contributed by atoms with E-state index < -0.39 is 0 Å². The number of carbonyl (C=O) groups excluding carboxylic acids is 2. The van der Waals surface area contributed by atoms with Crippen LogP contribution in [0, 0.1) is 0 Å². The molecular weight excluding hydrogens is 467 g/mol. The van der Waals surface area contributed by atoms with Gasteiger partial charge < -0.3 is 15.4 Å². The van der Waals surface area contributed by atoms with Gasteiger partial charge in [0.05, 0.1) is 22.4 Å². The summed E-state index contributed by atoms with van der Waals surface area (Å²) in [7, 11) is 1.58. The van der Waals surface area contributed by atoms with E-state index in [1.807, 2.05) is 31.2 Å². The van der Waals surface area contributed by atoms with Crippen LogP contribution in [0.5, 0.6) is 5.75 Å². The average Bonchev–Trinajstić information content (AvgIpc) is 2.80. The maximum absolute atomic E-state index is 12.8. The molecule has 2 N–H and O–H groups in total. The van der Waals surface area contributed by atoms with Crippen LogP contribution in [0.1, 0.15) is 23.7 Å². The maximum atomic E-state index is 12.8. The van der Waals surface area contributed by atoms with E-state index in [2.05, 4.69) is 10.6 Å². The van der Waals surface area contributed by atoms with E-state index in [1.54, 1.807) is 49.6 Å². The maximum Gasteiger partial charge on any atom is 0.255 e. The van der Waals surface area contributed by atoms with Crippen LogP contribution in [0.3, 0.4) is 0 Å². The SMILES string of the molecule is CCC(Sc1cccc(NC(=O)c2ccc(OC)cc2)c1)C(=O)Nc1ccc(Cl)c(Cl)c1. The first-order valence-corrected chi connectivity index (χ1v) is 11.5. The number of thioether (sulfide) groups is 1. The first kappa shape index (κ1) is 24.0. The minimum atomic E-state index is -0.322. The number of methoxy groups -OCH3 is 1. The topological polar surface area (TPSA) is 67.4 Å². The molecular formula is C24H22Cl2N2O3S. The highest BCUT2D eigenvalue weighted by molar-refractivity contribution is 8.00. The average molecular weight is 489 g/mol. The Morgan fingerprint density at radius 2 is 1.66 bits per heavy atom. The molecule has 3 aromatic rings. The highest BCUT2D eigenvalue weighted by Crippen LogP contribution is 2.30. The Bertz CT molecular complexity index is 1110. The molecule has 166 valence electrons. The van der Waals surface area contributed by atoms with Crippen LogP contribution >= 0.6 is 35.0 Å². The molecule has 2 amide bonds. The summed E-state index contributed by atoms with van der Waals surface area (Å²) in [6.45, 7) is 1.95. The predicted octanol–water partition coefficient (Wildman–Crippen LogP) is 6.76. The Labute approximate surface area is 201 Å². The Hall–Kier alpha value is -2.67. The normalized spacial score (nSPS) is 11.5. The lowest BCUT2D eigenvalue weighted by Crippen LogP contribution is -2.24. The number of benzene rings is 3. The second kappa shape index (κ2) is 11.3. The highest BCUT2D eigenvalue weighted by atomic mass is 35.5. The van der Waals surface area contributed by atoms with Gasteiger partial charge in [0.25, 0.3) is 5.91 Å². The zero-order valence-corrected chi connectivity index (χ0v) is 19.9. The van der Waals surface area contributed by atoms with E-state index in [-0.39, 0.29) is 17.1 Å². The van der Waals surface area contributed by atoms with E-state index >= 15 is 0 Å². The van der Waals surface area contributed by atoms with Crippen LogP contribution in [0.4, 0.5) is 11.4 Å². The molecule has 0 aromatic heterocycles. The molecule has 0 aliphatic carbocycles. The molecule has 3 aromatic carbocycles. The Kier molecular flexibility index (Phi) is 8.45. The molecule has 5 nitrogen and oxygen atoms in total. The molecule has 0 saturated heterocycles. The van der Waals surface area contributed by atoms with Crippen molar-refractivity contribution in [2.45, 2.75) is 23.5 Å². The van der Waals surface area contributed by atoms with Gasteiger partial charge in [0, 0.05) is 21.8 Å². The number of amides is 2. The highest BCUT2D eigenvalue weighted by Gasteiger charge is 2.19. The zero-order chi connectivity index (χ0) is 23.1. The summed E-state index contributed by atoms with van der Waals surface area (Å²) in [4.78, 5) is 26.1. The Balaban J connectivity index is 1.65. The number of nitrogens with one attached hydrogen (secondary N) is 2. The van der Waals surface area contributed by atoms with Crippen LogP contribution in [0.15, 0.2) is 71.6 Å². The van der Waals surface area contributed by atoms with Gasteiger partial charge in [-0.3, -0.25) is 9.59 Å². The van der Waals surface area contributed by atoms with Crippen LogP contribution in [-0.4, -0.2) is 24.2 Å². The van der Waals surface area contributed by atoms with Gasteiger partial charge in [-0.25, -0.2) is 0 Å². The van der Waals surface area contributed by atoms with Crippen molar-refractivity contribution in [3.05, 3.63) is 82.3 Å². The molecule has 0 bridgehead atoms. The Morgan fingerprint density at radius 1 is 0.938 bits per heavy atom. The zero-order valence-electron chi connectivity index (χ0n) is 17.5. The van der Waals surface area contributed by atoms with Crippen molar-refractivity contribution in [2.24, 2.45) is 0 Å². The monoisotopic (exact) mass is 488 g/mol. The molecule has 3 rings (SSSR count). The third kappa shape index (κ3) is 6.42. The van der Waals surface area contributed by atoms with Crippen molar-refractivity contribution in [2.75, 3.05) is 17.7 Å². The lowest BCUT2D eigenvalue weighted by atomic mass is 10.2. The predicted molar refractivity (Wildman–Crippen MR) is 132 cm³/mol. The van der Waals surface area contributed by atoms with E-state index in [4.69, 9.17) is 27.9 Å². The van der Waals surface area contributed by atoms with Crippen LogP contribution in [0.2, 0.25) is 10.0 Å². The summed E-state index contributed by atoms with van der Waals surface area (Å²) in [6.07, 6.45) is 0.625. The fraction of sp³-hybridized carbons (Fsp3) is 0.167. The minimum absolute atomic E-state index is 0.136. The van der Waals surface area contributed by atoms with Crippen molar-refractivity contribution in [3.63, 3.8) is 0 Å². The fourth-order valence-electron chi connectivity index (χ4n) is 2.88. The molecule has 0 radical (unpaired) electrons. The van der Waals surface area contributed by atoms with Crippen molar-refractivity contribution >= 4 is 58.2 Å². The number of hydrogen-bond donors (Lipinski definition) is 2. The number of anilines is 2. The van der Waals surface area contributed by atoms with Crippen LogP contribution < -0.4 is 15.4 Å². The first-order valence-electron chi connectivity index (χ1n) is 9.87. The molecule has 0 fully saturated rings. The molecule has 1 atom stereocenters. The molecule has 0 aliphatic rings. The molecule has 0 spiro atoms. The van der Waals surface area contributed by atoms with E-state index in [1.165, 1.54) is 11.8 Å². The van der Waals surface area contributed by atoms with Gasteiger partial charge in [-0.05, 0) is 67.1 Å². The number of rotatable bonds is 8. The number of hydrogen-bond acceptors (Lipinski definition) is 4. The quantitative estimate of drug-likeness (QED) is 0.343. The van der Waals surface area contributed by atoms with Crippen molar-refractivity contribution in [3.8, 4) is 5.75 Å². The number of ether oxygens (including phenoxy) is 1. The molecule has 32 heavy (non-hydrogen) atoms. The standard InChI is InChI=1S/C24H22Cl2N2O3S/c1-3-22(24(30)28-17-9-12-20(25)21(26)14-17)32-19-6-4-5-16(13-19)27-23(29)15-7-10-18(31-2)11-8-15/h4-14,22H,3H2,1-2H3,(H,27,29)(H,28,30). The molecule has 0 heterocycles. The number of carbonyl (C=O) groups is 2. The smallest absolute Gasteiger partial charge is 0.255 e. The van der Waals surface area contributed by atoms with Gasteiger partial charge >= 0.3 is 0 Å². The van der Waals surface area contributed by atoms with Crippen molar-refractivity contribution < 1.29 is 14.3 Å². The van der Waals surface area contributed by atoms with Gasteiger partial charge in [-0.1, -0.05) is 36.2 Å². The summed E-state index contributed by atoms with van der Waals surface area (Å²) < 4.78 is 5.12. The third-order valence-corrected chi connectivity index (χ3v) is 6.67. The van der Waals surface area contributed by atoms with Gasteiger partial charge in [0.1, 0.15) is 5.75 Å². The molecule has 8 heteroatoms. The summed E-state index contributed by atoms with van der Waals surface area (Å²) in [6, 6.07) is 19.2. The summed E-state index contributed by atoms with van der Waals surface area (Å²) >= 11 is 13.4. The first-order chi connectivity index (χ1) is 15.4. The minimum Gasteiger partial charge on any atom is -0.497 e. The summed E-state index contributed by atoms with van der Waals surface area (Å²) in [5.41, 5.74) is 1.76. The summed E-state index contributed by atoms with van der Waals surface area (Å²) in [5.74, 6) is 0.326. The lowest BCUT2D eigenvalue weighted by molar-refractivity contribution is -0.115. The van der Waals surface area contributed by atoms with Crippen molar-refractivity contribution in [1.29, 1.82) is 0 Å². The summed E-state index contributed by atoms with van der Waals surface area (Å²) in [5, 5.41) is 6.25. The molecule has 1 unspecified atom stereocenters. The van der Waals surface area contributed by atoms with Gasteiger partial charge in [-0.15, -0.1) is 11.8 Å².